The lowest BCUT2D eigenvalue weighted by molar-refractivity contribution is -0.136. The maximum Gasteiger partial charge on any atom is 0.262 e. The number of nitrogens with two attached hydrogens (primary N) is 1. The number of nitrogens with one attached hydrogen (secondary N) is 2. The van der Waals surface area contributed by atoms with Gasteiger partial charge in [0.05, 0.1) is 11.1 Å². The number of benzene rings is 1. The molecule has 8 nitrogen and oxygen atoms in total. The summed E-state index contributed by atoms with van der Waals surface area (Å²) in [7, 11) is 0. The number of anilines is 1. The van der Waals surface area contributed by atoms with Crippen LogP contribution in [0.2, 0.25) is 0 Å². The van der Waals surface area contributed by atoms with Gasteiger partial charge in [0.1, 0.15) is 6.04 Å². The van der Waals surface area contributed by atoms with E-state index in [4.69, 9.17) is 5.73 Å². The van der Waals surface area contributed by atoms with Gasteiger partial charge in [0, 0.05) is 18.2 Å². The molecule has 8 heteroatoms. The maximum absolute atomic E-state index is 13.0. The van der Waals surface area contributed by atoms with Gasteiger partial charge in [0.15, 0.2) is 0 Å². The van der Waals surface area contributed by atoms with Gasteiger partial charge in [-0.25, -0.2) is 0 Å². The van der Waals surface area contributed by atoms with Gasteiger partial charge in [-0.05, 0) is 61.8 Å². The second-order valence-electron chi connectivity index (χ2n) is 9.36. The molecule has 3 atom stereocenters. The Balaban J connectivity index is 1.54. The SMILES string of the molecule is CC1(C)CCC(Nc2ccc3c(c2)C(=O)N(C2CCC(=O)NC2=O)C3=O)C(CN)C1. The molecule has 4 rings (SSSR count). The van der Waals surface area contributed by atoms with E-state index in [2.05, 4.69) is 24.5 Å². The summed E-state index contributed by atoms with van der Waals surface area (Å²) in [5.74, 6) is -1.64. The van der Waals surface area contributed by atoms with Gasteiger partial charge >= 0.3 is 0 Å². The minimum Gasteiger partial charge on any atom is -0.382 e. The van der Waals surface area contributed by atoms with E-state index in [9.17, 15) is 19.2 Å². The Labute approximate surface area is 175 Å². The summed E-state index contributed by atoms with van der Waals surface area (Å²) in [5.41, 5.74) is 7.63. The molecule has 3 unspecified atom stereocenters. The smallest absolute Gasteiger partial charge is 0.262 e. The van der Waals surface area contributed by atoms with Crippen molar-refractivity contribution in [2.24, 2.45) is 17.1 Å². The van der Waals surface area contributed by atoms with Crippen LogP contribution in [0.4, 0.5) is 5.69 Å². The number of imide groups is 2. The van der Waals surface area contributed by atoms with E-state index in [-0.39, 0.29) is 41.3 Å². The molecule has 1 aromatic rings. The van der Waals surface area contributed by atoms with Gasteiger partial charge < -0.3 is 11.1 Å². The Morgan fingerprint density at radius 1 is 1.13 bits per heavy atom. The lowest BCUT2D eigenvalue weighted by Crippen LogP contribution is -2.54. The fourth-order valence-electron chi connectivity index (χ4n) is 4.95. The lowest BCUT2D eigenvalue weighted by Gasteiger charge is -2.41. The zero-order valence-corrected chi connectivity index (χ0v) is 17.4. The molecule has 2 heterocycles. The second-order valence-corrected chi connectivity index (χ2v) is 9.36. The maximum atomic E-state index is 13.0. The van der Waals surface area contributed by atoms with Gasteiger partial charge in [-0.15, -0.1) is 0 Å². The van der Waals surface area contributed by atoms with Crippen molar-refractivity contribution in [2.45, 2.75) is 58.0 Å². The van der Waals surface area contributed by atoms with Crippen molar-refractivity contribution in [1.82, 2.24) is 10.2 Å². The molecule has 1 saturated carbocycles. The Morgan fingerprint density at radius 2 is 1.87 bits per heavy atom. The molecule has 1 aliphatic carbocycles. The average Bonchev–Trinajstić information content (AvgIpc) is 2.93. The summed E-state index contributed by atoms with van der Waals surface area (Å²) in [6.45, 7) is 5.11. The highest BCUT2D eigenvalue weighted by atomic mass is 16.2. The van der Waals surface area contributed by atoms with Crippen molar-refractivity contribution in [3.63, 3.8) is 0 Å². The molecule has 1 saturated heterocycles. The third kappa shape index (κ3) is 3.60. The molecule has 1 aromatic carbocycles. The number of piperidine rings is 1. The average molecular weight is 412 g/mol. The van der Waals surface area contributed by atoms with Gasteiger partial charge in [0.2, 0.25) is 11.8 Å². The van der Waals surface area contributed by atoms with Crippen molar-refractivity contribution >= 4 is 29.3 Å². The highest BCUT2D eigenvalue weighted by Crippen LogP contribution is 2.39. The van der Waals surface area contributed by atoms with Crippen LogP contribution in [-0.4, -0.2) is 47.2 Å². The highest BCUT2D eigenvalue weighted by molar-refractivity contribution is 6.23. The van der Waals surface area contributed by atoms with Crippen LogP contribution in [0.15, 0.2) is 18.2 Å². The number of hydrogen-bond acceptors (Lipinski definition) is 6. The first-order chi connectivity index (χ1) is 14.2. The number of carbonyl (C=O) groups is 4. The van der Waals surface area contributed by atoms with E-state index in [1.807, 2.05) is 0 Å². The summed E-state index contributed by atoms with van der Waals surface area (Å²) < 4.78 is 0. The standard InChI is InChI=1S/C22H28N4O4/c1-22(2)8-7-16(12(10-22)11-23)24-13-3-4-14-15(9-13)21(30)26(20(14)29)17-5-6-18(27)25-19(17)28/h3-4,9,12,16-17,24H,5-8,10-11,23H2,1-2H3,(H,25,27,28). The fraction of sp³-hybridized carbons (Fsp3) is 0.545. The van der Waals surface area contributed by atoms with Crippen molar-refractivity contribution in [3.05, 3.63) is 29.3 Å². The Kier molecular flexibility index (Phi) is 5.13. The number of nitrogens with zero attached hydrogens (tertiary/aromatic N) is 1. The van der Waals surface area contributed by atoms with E-state index in [1.165, 1.54) is 0 Å². The van der Waals surface area contributed by atoms with E-state index < -0.39 is 23.8 Å². The van der Waals surface area contributed by atoms with Crippen LogP contribution in [0, 0.1) is 11.3 Å². The Hall–Kier alpha value is -2.74. The molecule has 0 spiro atoms. The molecule has 2 fully saturated rings. The molecule has 4 amide bonds. The summed E-state index contributed by atoms with van der Waals surface area (Å²) in [4.78, 5) is 50.4. The third-order valence-corrected chi connectivity index (χ3v) is 6.61. The van der Waals surface area contributed by atoms with Crippen molar-refractivity contribution in [3.8, 4) is 0 Å². The lowest BCUT2D eigenvalue weighted by atomic mass is 9.70. The fourth-order valence-corrected chi connectivity index (χ4v) is 4.95. The van der Waals surface area contributed by atoms with E-state index in [0.717, 1.165) is 29.8 Å². The number of amides is 4. The van der Waals surface area contributed by atoms with Crippen LogP contribution in [0.1, 0.15) is 66.7 Å². The monoisotopic (exact) mass is 412 g/mol. The number of carbonyl (C=O) groups excluding carboxylic acids is 4. The molecular weight excluding hydrogens is 384 g/mol. The Morgan fingerprint density at radius 3 is 2.57 bits per heavy atom. The second kappa shape index (κ2) is 7.50. The first-order valence-electron chi connectivity index (χ1n) is 10.5. The molecule has 0 aromatic heterocycles. The van der Waals surface area contributed by atoms with Gasteiger partial charge in [-0.3, -0.25) is 29.4 Å². The molecule has 4 N–H and O–H groups in total. The van der Waals surface area contributed by atoms with Crippen molar-refractivity contribution in [2.75, 3.05) is 11.9 Å². The van der Waals surface area contributed by atoms with Crippen LogP contribution in [0.5, 0.6) is 0 Å². The molecule has 30 heavy (non-hydrogen) atoms. The molecule has 0 radical (unpaired) electrons. The largest absolute Gasteiger partial charge is 0.382 e. The van der Waals surface area contributed by atoms with Crippen molar-refractivity contribution in [1.29, 1.82) is 0 Å². The highest BCUT2D eigenvalue weighted by Gasteiger charge is 2.44. The van der Waals surface area contributed by atoms with Gasteiger partial charge in [0.25, 0.3) is 11.8 Å². The normalized spacial score (nSPS) is 28.4. The number of hydrogen-bond donors (Lipinski definition) is 3. The van der Waals surface area contributed by atoms with Crippen LogP contribution in [0.3, 0.4) is 0 Å². The minimum absolute atomic E-state index is 0.106. The molecule has 0 bridgehead atoms. The van der Waals surface area contributed by atoms with Crippen molar-refractivity contribution < 1.29 is 19.2 Å². The van der Waals surface area contributed by atoms with Gasteiger partial charge in [-0.1, -0.05) is 13.8 Å². The first kappa shape index (κ1) is 20.5. The zero-order chi connectivity index (χ0) is 21.6. The van der Waals surface area contributed by atoms with Crippen LogP contribution in [-0.2, 0) is 9.59 Å². The predicted molar refractivity (Wildman–Crippen MR) is 111 cm³/mol. The Bertz CT molecular complexity index is 926. The zero-order valence-electron chi connectivity index (χ0n) is 17.4. The summed E-state index contributed by atoms with van der Waals surface area (Å²) >= 11 is 0. The summed E-state index contributed by atoms with van der Waals surface area (Å²) in [6.07, 6.45) is 3.37. The van der Waals surface area contributed by atoms with Gasteiger partial charge in [-0.2, -0.15) is 0 Å². The predicted octanol–water partition coefficient (Wildman–Crippen LogP) is 1.65. The van der Waals surface area contributed by atoms with Crippen LogP contribution < -0.4 is 16.4 Å². The summed E-state index contributed by atoms with van der Waals surface area (Å²) in [5, 5.41) is 5.72. The van der Waals surface area contributed by atoms with E-state index in [1.54, 1.807) is 18.2 Å². The molecule has 160 valence electrons. The van der Waals surface area contributed by atoms with Crippen LogP contribution in [0.25, 0.3) is 0 Å². The molecular formula is C22H28N4O4. The first-order valence-corrected chi connectivity index (χ1v) is 10.5. The molecule has 2 aliphatic heterocycles. The number of fused-ring (bicyclic) bond motifs is 1. The summed E-state index contributed by atoms with van der Waals surface area (Å²) in [6, 6.07) is 4.38. The topological polar surface area (TPSA) is 122 Å². The molecule has 3 aliphatic rings. The van der Waals surface area contributed by atoms with E-state index in [0.29, 0.717) is 12.5 Å². The minimum atomic E-state index is -0.950. The van der Waals surface area contributed by atoms with Crippen LogP contribution >= 0.6 is 0 Å². The third-order valence-electron chi connectivity index (χ3n) is 6.61. The van der Waals surface area contributed by atoms with E-state index >= 15 is 0 Å². The quantitative estimate of drug-likeness (QED) is 0.647. The number of rotatable bonds is 4.